The third-order valence-electron chi connectivity index (χ3n) is 2.44. The van der Waals surface area contributed by atoms with E-state index in [-0.39, 0.29) is 0 Å². The van der Waals surface area contributed by atoms with E-state index in [0.29, 0.717) is 18.9 Å². The van der Waals surface area contributed by atoms with Crippen molar-refractivity contribution in [2.24, 2.45) is 5.73 Å². The van der Waals surface area contributed by atoms with Gasteiger partial charge in [-0.05, 0) is 18.6 Å². The molecule has 0 spiro atoms. The van der Waals surface area contributed by atoms with Crippen molar-refractivity contribution in [2.75, 3.05) is 6.54 Å². The number of halogens is 1. The van der Waals surface area contributed by atoms with Crippen molar-refractivity contribution < 1.29 is 4.42 Å². The molecule has 1 heterocycles. The fourth-order valence-electron chi connectivity index (χ4n) is 1.55. The fourth-order valence-corrected chi connectivity index (χ4v) is 1.72. The van der Waals surface area contributed by atoms with Crippen LogP contribution in [0, 0.1) is 6.92 Å². The van der Waals surface area contributed by atoms with Gasteiger partial charge in [-0.15, -0.1) is 0 Å². The van der Waals surface area contributed by atoms with Crippen LogP contribution in [0.25, 0.3) is 11.3 Å². The first-order valence-corrected chi connectivity index (χ1v) is 5.50. The highest BCUT2D eigenvalue weighted by atomic mass is 35.5. The summed E-state index contributed by atoms with van der Waals surface area (Å²) < 4.78 is 5.60. The highest BCUT2D eigenvalue weighted by Gasteiger charge is 2.09. The summed E-state index contributed by atoms with van der Waals surface area (Å²) in [6, 6.07) is 5.72. The average molecular weight is 237 g/mol. The van der Waals surface area contributed by atoms with Crippen LogP contribution in [0.15, 0.2) is 28.8 Å². The molecule has 0 aliphatic heterocycles. The summed E-state index contributed by atoms with van der Waals surface area (Å²) in [5, 5.41) is 0.731. The Morgan fingerprint density at radius 1 is 1.44 bits per heavy atom. The van der Waals surface area contributed by atoms with Gasteiger partial charge in [0.1, 0.15) is 0 Å². The van der Waals surface area contributed by atoms with E-state index in [1.54, 1.807) is 6.20 Å². The first-order chi connectivity index (χ1) is 7.72. The smallest absolute Gasteiger partial charge is 0.196 e. The number of benzene rings is 1. The number of nitrogens with two attached hydrogens (primary N) is 1. The van der Waals surface area contributed by atoms with Crippen molar-refractivity contribution in [3.05, 3.63) is 40.9 Å². The van der Waals surface area contributed by atoms with Crippen molar-refractivity contribution in [3.8, 4) is 11.3 Å². The highest BCUT2D eigenvalue weighted by molar-refractivity contribution is 6.31. The van der Waals surface area contributed by atoms with Crippen LogP contribution in [-0.4, -0.2) is 11.5 Å². The topological polar surface area (TPSA) is 52.0 Å². The lowest BCUT2D eigenvalue weighted by molar-refractivity contribution is 0.508. The van der Waals surface area contributed by atoms with E-state index in [4.69, 9.17) is 21.8 Å². The number of oxazole rings is 1. The maximum atomic E-state index is 6.05. The molecule has 0 radical (unpaired) electrons. The second-order valence-corrected chi connectivity index (χ2v) is 3.98. The van der Waals surface area contributed by atoms with E-state index in [2.05, 4.69) is 4.98 Å². The van der Waals surface area contributed by atoms with Crippen molar-refractivity contribution >= 4 is 11.6 Å². The molecule has 0 amide bonds. The first kappa shape index (κ1) is 11.2. The van der Waals surface area contributed by atoms with Gasteiger partial charge in [0.05, 0.1) is 6.20 Å². The predicted octanol–water partition coefficient (Wildman–Crippen LogP) is 2.80. The minimum absolute atomic E-state index is 0.536. The van der Waals surface area contributed by atoms with Crippen molar-refractivity contribution in [1.29, 1.82) is 0 Å². The molecule has 0 unspecified atom stereocenters. The van der Waals surface area contributed by atoms with Crippen LogP contribution in [0.1, 0.15) is 11.5 Å². The van der Waals surface area contributed by atoms with E-state index in [1.807, 2.05) is 25.1 Å². The Kier molecular flexibility index (Phi) is 3.27. The molecule has 0 saturated carbocycles. The lowest BCUT2D eigenvalue weighted by Crippen LogP contribution is -2.02. The summed E-state index contributed by atoms with van der Waals surface area (Å²) in [4.78, 5) is 4.16. The second kappa shape index (κ2) is 4.68. The van der Waals surface area contributed by atoms with E-state index in [1.165, 1.54) is 0 Å². The maximum absolute atomic E-state index is 6.05. The van der Waals surface area contributed by atoms with Crippen LogP contribution in [0.4, 0.5) is 0 Å². The van der Waals surface area contributed by atoms with Crippen LogP contribution in [-0.2, 0) is 6.42 Å². The highest BCUT2D eigenvalue weighted by Crippen LogP contribution is 2.28. The average Bonchev–Trinajstić information content (AvgIpc) is 2.71. The lowest BCUT2D eigenvalue weighted by Gasteiger charge is -2.03. The first-order valence-electron chi connectivity index (χ1n) is 5.12. The number of hydrogen-bond donors (Lipinski definition) is 1. The van der Waals surface area contributed by atoms with E-state index >= 15 is 0 Å². The molecular formula is C12H13ClN2O. The third-order valence-corrected chi connectivity index (χ3v) is 2.85. The van der Waals surface area contributed by atoms with Gasteiger partial charge in [-0.2, -0.15) is 0 Å². The molecule has 1 aromatic carbocycles. The molecule has 0 saturated heterocycles. The van der Waals surface area contributed by atoms with Crippen LogP contribution >= 0.6 is 11.6 Å². The van der Waals surface area contributed by atoms with Gasteiger partial charge < -0.3 is 10.2 Å². The number of aromatic nitrogens is 1. The van der Waals surface area contributed by atoms with E-state index in [9.17, 15) is 0 Å². The van der Waals surface area contributed by atoms with Crippen LogP contribution in [0.3, 0.4) is 0 Å². The molecule has 16 heavy (non-hydrogen) atoms. The van der Waals surface area contributed by atoms with E-state index < -0.39 is 0 Å². The van der Waals surface area contributed by atoms with Gasteiger partial charge in [0.2, 0.25) is 0 Å². The van der Waals surface area contributed by atoms with Crippen LogP contribution in [0.5, 0.6) is 0 Å². The standard InChI is InChI=1S/C12H13ClN2O/c1-8-9(3-2-4-10(8)13)11-7-15-12(16-11)5-6-14/h2-4,7H,5-6,14H2,1H3. The monoisotopic (exact) mass is 236 g/mol. The zero-order chi connectivity index (χ0) is 11.5. The Balaban J connectivity index is 2.39. The largest absolute Gasteiger partial charge is 0.441 e. The Labute approximate surface area is 99.2 Å². The molecule has 1 aromatic heterocycles. The molecule has 0 fully saturated rings. The molecule has 2 aromatic rings. The van der Waals surface area contributed by atoms with Crippen LogP contribution < -0.4 is 5.73 Å². The Morgan fingerprint density at radius 3 is 3.00 bits per heavy atom. The van der Waals surface area contributed by atoms with Crippen molar-refractivity contribution in [1.82, 2.24) is 4.98 Å². The minimum Gasteiger partial charge on any atom is -0.441 e. The third kappa shape index (κ3) is 2.10. The summed E-state index contributed by atoms with van der Waals surface area (Å²) in [7, 11) is 0. The summed E-state index contributed by atoms with van der Waals surface area (Å²) in [5.74, 6) is 1.40. The molecule has 4 heteroatoms. The van der Waals surface area contributed by atoms with Gasteiger partial charge in [0.15, 0.2) is 11.7 Å². The molecule has 2 rings (SSSR count). The minimum atomic E-state index is 0.536. The second-order valence-electron chi connectivity index (χ2n) is 3.57. The summed E-state index contributed by atoms with van der Waals surface area (Å²) in [5.41, 5.74) is 7.42. The molecule has 0 aliphatic rings. The molecule has 0 atom stereocenters. The quantitative estimate of drug-likeness (QED) is 0.892. The number of hydrogen-bond acceptors (Lipinski definition) is 3. The summed E-state index contributed by atoms with van der Waals surface area (Å²) in [6.45, 7) is 2.50. The van der Waals surface area contributed by atoms with Gasteiger partial charge in [-0.3, -0.25) is 0 Å². The van der Waals surface area contributed by atoms with Gasteiger partial charge in [0.25, 0.3) is 0 Å². The van der Waals surface area contributed by atoms with Crippen LogP contribution in [0.2, 0.25) is 5.02 Å². The molecule has 3 nitrogen and oxygen atoms in total. The van der Waals surface area contributed by atoms with Gasteiger partial charge in [0, 0.05) is 23.6 Å². The lowest BCUT2D eigenvalue weighted by atomic mass is 10.1. The van der Waals surface area contributed by atoms with Gasteiger partial charge in [-0.1, -0.05) is 23.7 Å². The maximum Gasteiger partial charge on any atom is 0.196 e. The zero-order valence-corrected chi connectivity index (χ0v) is 9.79. The van der Waals surface area contributed by atoms with Crippen molar-refractivity contribution in [2.45, 2.75) is 13.3 Å². The molecule has 0 aliphatic carbocycles. The van der Waals surface area contributed by atoms with E-state index in [0.717, 1.165) is 21.9 Å². The number of rotatable bonds is 3. The van der Waals surface area contributed by atoms with Crippen molar-refractivity contribution in [3.63, 3.8) is 0 Å². The molecule has 84 valence electrons. The molecular weight excluding hydrogens is 224 g/mol. The Bertz CT molecular complexity index is 494. The Hall–Kier alpha value is -1.32. The fraction of sp³-hybridized carbons (Fsp3) is 0.250. The number of nitrogens with zero attached hydrogens (tertiary/aromatic N) is 1. The predicted molar refractivity (Wildman–Crippen MR) is 64.4 cm³/mol. The molecule has 0 bridgehead atoms. The van der Waals surface area contributed by atoms with Gasteiger partial charge >= 0.3 is 0 Å². The van der Waals surface area contributed by atoms with Gasteiger partial charge in [-0.25, -0.2) is 4.98 Å². The summed E-state index contributed by atoms with van der Waals surface area (Å²) >= 11 is 6.05. The molecule has 2 N–H and O–H groups in total. The SMILES string of the molecule is Cc1c(Cl)cccc1-c1cnc(CCN)o1. The Morgan fingerprint density at radius 2 is 2.25 bits per heavy atom. The zero-order valence-electron chi connectivity index (χ0n) is 9.03. The summed E-state index contributed by atoms with van der Waals surface area (Å²) in [6.07, 6.45) is 2.36. The normalized spacial score (nSPS) is 10.7.